The van der Waals surface area contributed by atoms with Crippen LogP contribution in [0.25, 0.3) is 50.6 Å². The summed E-state index contributed by atoms with van der Waals surface area (Å²) < 4.78 is 41.4. The number of alkyl halides is 3. The molecular formula is C29H22F3N7. The average Bonchev–Trinajstić information content (AvgIpc) is 3.59. The van der Waals surface area contributed by atoms with Gasteiger partial charge < -0.3 is 5.73 Å². The van der Waals surface area contributed by atoms with Crippen molar-refractivity contribution in [1.29, 1.82) is 0 Å². The molecule has 0 unspecified atom stereocenters. The van der Waals surface area contributed by atoms with Crippen LogP contribution < -0.4 is 5.73 Å². The lowest BCUT2D eigenvalue weighted by atomic mass is 9.72. The molecule has 0 bridgehead atoms. The van der Waals surface area contributed by atoms with Crippen LogP contribution in [0.2, 0.25) is 0 Å². The molecule has 4 aromatic heterocycles. The van der Waals surface area contributed by atoms with Crippen molar-refractivity contribution in [2.24, 2.45) is 5.73 Å². The normalized spacial score (nSPS) is 15.1. The number of benzene rings is 2. The lowest BCUT2D eigenvalue weighted by molar-refractivity contribution is -0.141. The third-order valence-corrected chi connectivity index (χ3v) is 7.52. The van der Waals surface area contributed by atoms with E-state index in [2.05, 4.69) is 44.7 Å². The smallest absolute Gasteiger partial charge is 0.321 e. The van der Waals surface area contributed by atoms with E-state index in [0.29, 0.717) is 16.7 Å². The van der Waals surface area contributed by atoms with Crippen molar-refractivity contribution in [3.05, 3.63) is 90.1 Å². The second-order valence-corrected chi connectivity index (χ2v) is 9.96. The Morgan fingerprint density at radius 2 is 1.64 bits per heavy atom. The first-order valence-corrected chi connectivity index (χ1v) is 12.6. The van der Waals surface area contributed by atoms with Crippen LogP contribution in [0.5, 0.6) is 0 Å². The van der Waals surface area contributed by atoms with Gasteiger partial charge >= 0.3 is 6.18 Å². The monoisotopic (exact) mass is 525 g/mol. The topological polar surface area (TPSA) is 97.8 Å². The number of aromatic amines is 1. The van der Waals surface area contributed by atoms with E-state index in [1.807, 2.05) is 42.5 Å². The van der Waals surface area contributed by atoms with Gasteiger partial charge in [0.15, 0.2) is 17.2 Å². The van der Waals surface area contributed by atoms with Gasteiger partial charge in [-0.2, -0.15) is 18.3 Å². The van der Waals surface area contributed by atoms with Gasteiger partial charge in [-0.25, -0.2) is 4.98 Å². The third-order valence-electron chi connectivity index (χ3n) is 7.52. The first kappa shape index (κ1) is 23.5. The van der Waals surface area contributed by atoms with Gasteiger partial charge in [-0.3, -0.25) is 9.50 Å². The third kappa shape index (κ3) is 3.87. The van der Waals surface area contributed by atoms with Crippen molar-refractivity contribution in [3.8, 4) is 33.9 Å². The Morgan fingerprint density at radius 3 is 2.31 bits per heavy atom. The van der Waals surface area contributed by atoms with Crippen LogP contribution in [0.15, 0.2) is 78.9 Å². The summed E-state index contributed by atoms with van der Waals surface area (Å²) in [6.07, 6.45) is -1.48. The molecule has 4 heterocycles. The van der Waals surface area contributed by atoms with Gasteiger partial charge in [0.25, 0.3) is 0 Å². The fourth-order valence-corrected chi connectivity index (χ4v) is 5.23. The summed E-state index contributed by atoms with van der Waals surface area (Å²) in [7, 11) is 0. The number of fused-ring (bicyclic) bond motifs is 3. The molecule has 0 amide bonds. The number of hydrogen-bond donors (Lipinski definition) is 2. The Bertz CT molecular complexity index is 1830. The Kier molecular flexibility index (Phi) is 5.11. The molecule has 7 rings (SSSR count). The summed E-state index contributed by atoms with van der Waals surface area (Å²) in [4.78, 5) is 5.04. The van der Waals surface area contributed by atoms with Gasteiger partial charge in [0.1, 0.15) is 5.69 Å². The predicted octanol–water partition coefficient (Wildman–Crippen LogP) is 6.36. The van der Waals surface area contributed by atoms with E-state index in [9.17, 15) is 13.2 Å². The maximum atomic E-state index is 13.2. The molecular weight excluding hydrogens is 503 g/mol. The summed E-state index contributed by atoms with van der Waals surface area (Å²) in [6.45, 7) is 0. The second-order valence-electron chi connectivity index (χ2n) is 9.96. The number of nitrogens with zero attached hydrogens (tertiary/aromatic N) is 5. The highest BCUT2D eigenvalue weighted by Gasteiger charge is 2.35. The van der Waals surface area contributed by atoms with E-state index in [0.717, 1.165) is 53.3 Å². The minimum absolute atomic E-state index is 0.106. The summed E-state index contributed by atoms with van der Waals surface area (Å²) in [6, 6.07) is 24.6. The predicted molar refractivity (Wildman–Crippen MR) is 141 cm³/mol. The second kappa shape index (κ2) is 8.47. The highest BCUT2D eigenvalue weighted by atomic mass is 19.4. The van der Waals surface area contributed by atoms with Gasteiger partial charge in [0, 0.05) is 16.7 Å². The zero-order chi connectivity index (χ0) is 26.8. The Balaban J connectivity index is 1.44. The molecule has 1 fully saturated rings. The van der Waals surface area contributed by atoms with Gasteiger partial charge in [0.05, 0.1) is 16.7 Å². The average molecular weight is 526 g/mol. The first-order valence-electron chi connectivity index (χ1n) is 12.6. The summed E-state index contributed by atoms with van der Waals surface area (Å²) >= 11 is 0. The quantitative estimate of drug-likeness (QED) is 0.279. The zero-order valence-corrected chi connectivity index (χ0v) is 20.6. The van der Waals surface area contributed by atoms with Gasteiger partial charge in [-0.1, -0.05) is 54.6 Å². The molecule has 10 heteroatoms. The van der Waals surface area contributed by atoms with E-state index < -0.39 is 11.9 Å². The Hall–Kier alpha value is -4.57. The van der Waals surface area contributed by atoms with Crippen molar-refractivity contribution >= 4 is 16.7 Å². The maximum absolute atomic E-state index is 13.2. The largest absolute Gasteiger partial charge is 0.435 e. The molecule has 0 aliphatic heterocycles. The number of hydrogen-bond acceptors (Lipinski definition) is 5. The highest BCUT2D eigenvalue weighted by Crippen LogP contribution is 2.40. The van der Waals surface area contributed by atoms with E-state index in [4.69, 9.17) is 10.7 Å². The van der Waals surface area contributed by atoms with Crippen LogP contribution in [0, 0.1) is 0 Å². The van der Waals surface area contributed by atoms with Crippen molar-refractivity contribution < 1.29 is 13.2 Å². The molecule has 1 aliphatic rings. The van der Waals surface area contributed by atoms with E-state index in [-0.39, 0.29) is 17.1 Å². The van der Waals surface area contributed by atoms with Crippen LogP contribution >= 0.6 is 0 Å². The fraction of sp³-hybridized carbons (Fsp3) is 0.172. The summed E-state index contributed by atoms with van der Waals surface area (Å²) in [5.74, 6) is 0.213. The van der Waals surface area contributed by atoms with Crippen molar-refractivity contribution in [3.63, 3.8) is 0 Å². The van der Waals surface area contributed by atoms with Crippen molar-refractivity contribution in [2.75, 3.05) is 0 Å². The minimum atomic E-state index is -4.58. The number of nitrogens with one attached hydrogen (secondary N) is 1. The number of nitrogens with two attached hydrogens (primary N) is 1. The van der Waals surface area contributed by atoms with E-state index >= 15 is 0 Å². The number of pyridine rings is 2. The zero-order valence-electron chi connectivity index (χ0n) is 20.6. The van der Waals surface area contributed by atoms with Crippen LogP contribution in [-0.4, -0.2) is 29.8 Å². The van der Waals surface area contributed by atoms with Gasteiger partial charge in [-0.05, 0) is 54.7 Å². The number of halogens is 3. The van der Waals surface area contributed by atoms with Crippen LogP contribution in [0.1, 0.15) is 30.5 Å². The molecule has 3 N–H and O–H groups in total. The molecule has 0 atom stereocenters. The molecule has 1 aliphatic carbocycles. The molecule has 7 nitrogen and oxygen atoms in total. The highest BCUT2D eigenvalue weighted by molar-refractivity contribution is 5.92. The van der Waals surface area contributed by atoms with Crippen LogP contribution in [-0.2, 0) is 11.7 Å². The van der Waals surface area contributed by atoms with Gasteiger partial charge in [0.2, 0.25) is 0 Å². The molecule has 194 valence electrons. The first-order chi connectivity index (χ1) is 18.8. The molecule has 0 saturated heterocycles. The molecule has 1 saturated carbocycles. The lowest BCUT2D eigenvalue weighted by Crippen LogP contribution is -2.43. The van der Waals surface area contributed by atoms with Gasteiger partial charge in [-0.15, -0.1) is 10.2 Å². The minimum Gasteiger partial charge on any atom is -0.321 e. The van der Waals surface area contributed by atoms with Crippen LogP contribution in [0.3, 0.4) is 0 Å². The van der Waals surface area contributed by atoms with E-state index in [1.54, 1.807) is 10.5 Å². The number of rotatable bonds is 4. The molecule has 6 aromatic rings. The Labute approximate surface area is 220 Å². The lowest BCUT2D eigenvalue weighted by Gasteiger charge is -2.38. The summed E-state index contributed by atoms with van der Waals surface area (Å²) in [5, 5.41) is 14.3. The summed E-state index contributed by atoms with van der Waals surface area (Å²) in [5.41, 5.74) is 11.8. The molecule has 2 aromatic carbocycles. The fourth-order valence-electron chi connectivity index (χ4n) is 5.23. The van der Waals surface area contributed by atoms with Crippen molar-refractivity contribution in [1.82, 2.24) is 29.8 Å². The maximum Gasteiger partial charge on any atom is 0.435 e. The number of H-pyrrole nitrogens is 1. The number of aromatic nitrogens is 6. The SMILES string of the molecule is NC1(c2ccc(-c3nc4ccc5nnc(-c6cc(C(F)(F)F)n[nH]6)n5c4cc3-c3ccccc3)cc2)CCC1. The van der Waals surface area contributed by atoms with E-state index in [1.165, 1.54) is 0 Å². The van der Waals surface area contributed by atoms with Crippen LogP contribution in [0.4, 0.5) is 13.2 Å². The standard InChI is InChI=1S/C29H22F3N7/c30-29(31,32)24-16-22(35-36-24)27-38-37-25-12-11-21-23(39(25)27)15-20(17-5-2-1-3-6-17)26(34-21)18-7-9-19(10-8-18)28(33)13-4-14-28/h1-3,5-12,15-16H,4,13-14,33H2,(H,35,36). The molecule has 0 radical (unpaired) electrons. The Morgan fingerprint density at radius 1 is 0.872 bits per heavy atom. The molecule has 39 heavy (non-hydrogen) atoms. The molecule has 0 spiro atoms. The van der Waals surface area contributed by atoms with Crippen molar-refractivity contribution in [2.45, 2.75) is 31.0 Å².